The SMILES string of the molecule is Cc1nc(C(=O)NC(C)Cn2cccn2)ccc1C(=O)O. The number of aromatic nitrogens is 3. The largest absolute Gasteiger partial charge is 0.478 e. The van der Waals surface area contributed by atoms with E-state index in [0.717, 1.165) is 0 Å². The molecule has 2 aromatic heterocycles. The Morgan fingerprint density at radius 1 is 1.43 bits per heavy atom. The molecule has 1 amide bonds. The summed E-state index contributed by atoms with van der Waals surface area (Å²) in [6.45, 7) is 3.97. The first-order chi connectivity index (χ1) is 9.97. The van der Waals surface area contributed by atoms with Crippen molar-refractivity contribution >= 4 is 11.9 Å². The van der Waals surface area contributed by atoms with Crippen LogP contribution in [0.4, 0.5) is 0 Å². The van der Waals surface area contributed by atoms with E-state index in [1.165, 1.54) is 12.1 Å². The summed E-state index contributed by atoms with van der Waals surface area (Å²) in [4.78, 5) is 27.0. The summed E-state index contributed by atoms with van der Waals surface area (Å²) in [7, 11) is 0. The molecule has 2 rings (SSSR count). The molecule has 0 fully saturated rings. The number of hydrogen-bond donors (Lipinski definition) is 2. The van der Waals surface area contributed by atoms with Gasteiger partial charge < -0.3 is 10.4 Å². The van der Waals surface area contributed by atoms with Crippen LogP contribution >= 0.6 is 0 Å². The lowest BCUT2D eigenvalue weighted by Crippen LogP contribution is -2.36. The predicted molar refractivity (Wildman–Crippen MR) is 75.1 cm³/mol. The summed E-state index contributed by atoms with van der Waals surface area (Å²) in [5, 5.41) is 15.8. The van der Waals surface area contributed by atoms with Crippen molar-refractivity contribution in [2.75, 3.05) is 0 Å². The van der Waals surface area contributed by atoms with E-state index in [4.69, 9.17) is 5.11 Å². The first kappa shape index (κ1) is 14.7. The number of carbonyl (C=O) groups excluding carboxylic acids is 1. The molecular weight excluding hydrogens is 272 g/mol. The van der Waals surface area contributed by atoms with E-state index >= 15 is 0 Å². The zero-order valence-electron chi connectivity index (χ0n) is 11.8. The fraction of sp³-hybridized carbons (Fsp3) is 0.286. The molecule has 2 N–H and O–H groups in total. The van der Waals surface area contributed by atoms with E-state index in [1.807, 2.05) is 19.2 Å². The zero-order valence-corrected chi connectivity index (χ0v) is 11.8. The van der Waals surface area contributed by atoms with Crippen LogP contribution in [0.2, 0.25) is 0 Å². The highest BCUT2D eigenvalue weighted by molar-refractivity contribution is 5.94. The normalized spacial score (nSPS) is 11.9. The van der Waals surface area contributed by atoms with Crippen molar-refractivity contribution in [2.24, 2.45) is 0 Å². The number of pyridine rings is 1. The molecule has 2 aromatic rings. The van der Waals surface area contributed by atoms with Crippen LogP contribution in [-0.4, -0.2) is 37.8 Å². The maximum absolute atomic E-state index is 12.1. The Labute approximate surface area is 121 Å². The van der Waals surface area contributed by atoms with Gasteiger partial charge in [0, 0.05) is 18.4 Å². The van der Waals surface area contributed by atoms with E-state index in [2.05, 4.69) is 15.4 Å². The van der Waals surface area contributed by atoms with Crippen molar-refractivity contribution in [1.82, 2.24) is 20.1 Å². The fourth-order valence-corrected chi connectivity index (χ4v) is 1.95. The second kappa shape index (κ2) is 6.17. The van der Waals surface area contributed by atoms with Crippen LogP contribution in [0.25, 0.3) is 0 Å². The van der Waals surface area contributed by atoms with E-state index in [1.54, 1.807) is 17.8 Å². The highest BCUT2D eigenvalue weighted by atomic mass is 16.4. The second-order valence-electron chi connectivity index (χ2n) is 4.74. The van der Waals surface area contributed by atoms with Crippen molar-refractivity contribution in [3.05, 3.63) is 47.5 Å². The number of carboxylic acids is 1. The van der Waals surface area contributed by atoms with Gasteiger partial charge in [-0.05, 0) is 32.0 Å². The minimum Gasteiger partial charge on any atom is -0.478 e. The first-order valence-electron chi connectivity index (χ1n) is 6.46. The van der Waals surface area contributed by atoms with Crippen LogP contribution in [0, 0.1) is 6.92 Å². The molecule has 0 saturated carbocycles. The number of nitrogens with one attached hydrogen (secondary N) is 1. The van der Waals surface area contributed by atoms with Gasteiger partial charge in [0.25, 0.3) is 5.91 Å². The third kappa shape index (κ3) is 3.65. The molecule has 1 unspecified atom stereocenters. The Hall–Kier alpha value is -2.70. The number of aryl methyl sites for hydroxylation is 1. The molecule has 2 heterocycles. The van der Waals surface area contributed by atoms with Crippen molar-refractivity contribution in [3.63, 3.8) is 0 Å². The van der Waals surface area contributed by atoms with Crippen LogP contribution in [0.5, 0.6) is 0 Å². The zero-order chi connectivity index (χ0) is 15.4. The summed E-state index contributed by atoms with van der Waals surface area (Å²) in [6, 6.07) is 4.48. The van der Waals surface area contributed by atoms with E-state index in [9.17, 15) is 9.59 Å². The van der Waals surface area contributed by atoms with Crippen LogP contribution < -0.4 is 5.32 Å². The van der Waals surface area contributed by atoms with Gasteiger partial charge in [-0.2, -0.15) is 5.10 Å². The molecular formula is C14H16N4O3. The van der Waals surface area contributed by atoms with Crippen molar-refractivity contribution in [1.29, 1.82) is 0 Å². The molecule has 0 aliphatic heterocycles. The number of aromatic carboxylic acids is 1. The van der Waals surface area contributed by atoms with Crippen LogP contribution in [0.15, 0.2) is 30.6 Å². The average molecular weight is 288 g/mol. The molecule has 0 saturated heterocycles. The summed E-state index contributed by atoms with van der Waals surface area (Å²) >= 11 is 0. The van der Waals surface area contributed by atoms with Crippen LogP contribution in [0.3, 0.4) is 0 Å². The Balaban J connectivity index is 2.03. The highest BCUT2D eigenvalue weighted by Gasteiger charge is 2.15. The maximum atomic E-state index is 12.1. The van der Waals surface area contributed by atoms with Crippen molar-refractivity contribution in [3.8, 4) is 0 Å². The molecule has 0 radical (unpaired) electrons. The lowest BCUT2D eigenvalue weighted by atomic mass is 10.2. The van der Waals surface area contributed by atoms with Crippen molar-refractivity contribution in [2.45, 2.75) is 26.4 Å². The van der Waals surface area contributed by atoms with Gasteiger partial charge in [0.05, 0.1) is 17.8 Å². The van der Waals surface area contributed by atoms with Gasteiger partial charge in [0.2, 0.25) is 0 Å². The predicted octanol–water partition coefficient (Wildman–Crippen LogP) is 1.10. The van der Waals surface area contributed by atoms with Gasteiger partial charge in [-0.3, -0.25) is 9.48 Å². The molecule has 0 aliphatic carbocycles. The number of carboxylic acid groups (broad SMARTS) is 1. The lowest BCUT2D eigenvalue weighted by Gasteiger charge is -2.14. The molecule has 0 spiro atoms. The monoisotopic (exact) mass is 288 g/mol. The summed E-state index contributed by atoms with van der Waals surface area (Å²) in [5.74, 6) is -1.39. The van der Waals surface area contributed by atoms with Gasteiger partial charge >= 0.3 is 5.97 Å². The van der Waals surface area contributed by atoms with Gasteiger partial charge in [0.1, 0.15) is 5.69 Å². The minimum absolute atomic E-state index is 0.0936. The smallest absolute Gasteiger partial charge is 0.337 e. The average Bonchev–Trinajstić information content (AvgIpc) is 2.90. The Bertz CT molecular complexity index is 652. The molecule has 7 nitrogen and oxygen atoms in total. The second-order valence-corrected chi connectivity index (χ2v) is 4.74. The summed E-state index contributed by atoms with van der Waals surface area (Å²) < 4.78 is 1.72. The standard InChI is InChI=1S/C14H16N4O3/c1-9(8-18-7-3-6-15-18)16-13(19)12-5-4-11(14(20)21)10(2)17-12/h3-7,9H,8H2,1-2H3,(H,16,19)(H,20,21). The molecule has 1 atom stereocenters. The van der Waals surface area contributed by atoms with Crippen LogP contribution in [0.1, 0.15) is 33.5 Å². The Kier molecular flexibility index (Phi) is 4.32. The number of carbonyl (C=O) groups is 2. The maximum Gasteiger partial charge on any atom is 0.337 e. The topological polar surface area (TPSA) is 97.1 Å². The Morgan fingerprint density at radius 3 is 2.76 bits per heavy atom. The molecule has 21 heavy (non-hydrogen) atoms. The Morgan fingerprint density at radius 2 is 2.19 bits per heavy atom. The fourth-order valence-electron chi connectivity index (χ4n) is 1.95. The third-order valence-corrected chi connectivity index (χ3v) is 2.95. The van der Waals surface area contributed by atoms with Crippen LogP contribution in [-0.2, 0) is 6.54 Å². The lowest BCUT2D eigenvalue weighted by molar-refractivity contribution is 0.0694. The summed E-state index contributed by atoms with van der Waals surface area (Å²) in [5.41, 5.74) is 0.607. The van der Waals surface area contributed by atoms with E-state index < -0.39 is 5.97 Å². The van der Waals surface area contributed by atoms with E-state index in [-0.39, 0.29) is 23.2 Å². The molecule has 0 aliphatic rings. The third-order valence-electron chi connectivity index (χ3n) is 2.95. The van der Waals surface area contributed by atoms with Gasteiger partial charge in [-0.15, -0.1) is 0 Å². The number of rotatable bonds is 5. The van der Waals surface area contributed by atoms with Crippen molar-refractivity contribution < 1.29 is 14.7 Å². The molecule has 0 aromatic carbocycles. The molecule has 0 bridgehead atoms. The van der Waals surface area contributed by atoms with Gasteiger partial charge in [-0.1, -0.05) is 0 Å². The minimum atomic E-state index is -1.06. The molecule has 7 heteroatoms. The highest BCUT2D eigenvalue weighted by Crippen LogP contribution is 2.07. The van der Waals surface area contributed by atoms with Gasteiger partial charge in [-0.25, -0.2) is 9.78 Å². The summed E-state index contributed by atoms with van der Waals surface area (Å²) in [6.07, 6.45) is 3.48. The number of amides is 1. The number of hydrogen-bond acceptors (Lipinski definition) is 4. The first-order valence-corrected chi connectivity index (χ1v) is 6.46. The van der Waals surface area contributed by atoms with E-state index in [0.29, 0.717) is 12.2 Å². The quantitative estimate of drug-likeness (QED) is 0.858. The number of nitrogens with zero attached hydrogens (tertiary/aromatic N) is 3. The van der Waals surface area contributed by atoms with Gasteiger partial charge in [0.15, 0.2) is 0 Å². The molecule has 110 valence electrons.